The van der Waals surface area contributed by atoms with Gasteiger partial charge in [-0.3, -0.25) is 0 Å². The van der Waals surface area contributed by atoms with Gasteiger partial charge in [-0.1, -0.05) is 12.1 Å². The predicted octanol–water partition coefficient (Wildman–Crippen LogP) is 2.61. The first-order chi connectivity index (χ1) is 6.34. The second-order valence-electron chi connectivity index (χ2n) is 2.88. The van der Waals surface area contributed by atoms with Gasteiger partial charge in [0.2, 0.25) is 0 Å². The van der Waals surface area contributed by atoms with Gasteiger partial charge in [0.25, 0.3) is 0 Å². The first kappa shape index (κ1) is 8.74. The molecule has 0 aliphatic rings. The quantitative estimate of drug-likeness (QED) is 0.844. The number of imidazole rings is 1. The number of nitrogens with zero attached hydrogens (tertiary/aromatic N) is 1. The van der Waals surface area contributed by atoms with Crippen molar-refractivity contribution >= 4 is 22.6 Å². The van der Waals surface area contributed by atoms with Gasteiger partial charge in [-0.15, -0.1) is 0 Å². The molecule has 2 rings (SSSR count). The third-order valence-electron chi connectivity index (χ3n) is 1.84. The normalized spacial score (nSPS) is 10.2. The van der Waals surface area contributed by atoms with Gasteiger partial charge in [0.05, 0.1) is 6.33 Å². The Hall–Kier alpha value is -0.840. The zero-order valence-corrected chi connectivity index (χ0v) is 9.15. The highest BCUT2D eigenvalue weighted by atomic mass is 127. The van der Waals surface area contributed by atoms with E-state index in [1.165, 1.54) is 9.13 Å². The van der Waals surface area contributed by atoms with Crippen molar-refractivity contribution < 1.29 is 0 Å². The highest BCUT2D eigenvalue weighted by molar-refractivity contribution is 14.1. The zero-order valence-electron chi connectivity index (χ0n) is 7.00. The lowest BCUT2D eigenvalue weighted by molar-refractivity contribution is 1.10. The molecule has 3 heteroatoms. The summed E-state index contributed by atoms with van der Waals surface area (Å²) < 4.78 is 1.27. The van der Waals surface area contributed by atoms with E-state index in [1.807, 2.05) is 6.20 Å². The van der Waals surface area contributed by atoms with Crippen LogP contribution in [0.1, 0.15) is 11.3 Å². The molecule has 0 unspecified atom stereocenters. The Morgan fingerprint density at radius 3 is 3.00 bits per heavy atom. The molecule has 0 saturated carbocycles. The van der Waals surface area contributed by atoms with E-state index in [0.29, 0.717) is 0 Å². The summed E-state index contributed by atoms with van der Waals surface area (Å²) in [4.78, 5) is 7.07. The molecular formula is C10H9IN2. The van der Waals surface area contributed by atoms with Gasteiger partial charge < -0.3 is 4.98 Å². The van der Waals surface area contributed by atoms with Gasteiger partial charge in [0, 0.05) is 21.9 Å². The monoisotopic (exact) mass is 284 g/mol. The number of aromatic nitrogens is 2. The van der Waals surface area contributed by atoms with Crippen molar-refractivity contribution in [1.82, 2.24) is 9.97 Å². The minimum Gasteiger partial charge on any atom is -0.348 e. The van der Waals surface area contributed by atoms with E-state index in [2.05, 4.69) is 56.8 Å². The Bertz CT molecular complexity index is 382. The van der Waals surface area contributed by atoms with E-state index in [0.717, 1.165) is 12.1 Å². The van der Waals surface area contributed by atoms with Crippen molar-refractivity contribution in [2.45, 2.75) is 6.42 Å². The fourth-order valence-electron chi connectivity index (χ4n) is 1.25. The lowest BCUT2D eigenvalue weighted by Gasteiger charge is -1.98. The van der Waals surface area contributed by atoms with Crippen LogP contribution in [0.3, 0.4) is 0 Å². The summed E-state index contributed by atoms with van der Waals surface area (Å²) in [5.74, 6) is 0. The maximum absolute atomic E-state index is 3.98. The Morgan fingerprint density at radius 2 is 2.31 bits per heavy atom. The Morgan fingerprint density at radius 1 is 1.38 bits per heavy atom. The number of halogens is 1. The first-order valence-corrected chi connectivity index (χ1v) is 5.14. The summed E-state index contributed by atoms with van der Waals surface area (Å²) in [5.41, 5.74) is 2.47. The van der Waals surface area contributed by atoms with Crippen LogP contribution in [0.2, 0.25) is 0 Å². The van der Waals surface area contributed by atoms with Crippen LogP contribution in [0.25, 0.3) is 0 Å². The van der Waals surface area contributed by atoms with Crippen LogP contribution in [0.15, 0.2) is 36.8 Å². The van der Waals surface area contributed by atoms with E-state index in [1.54, 1.807) is 6.33 Å². The molecule has 13 heavy (non-hydrogen) atoms. The minimum absolute atomic E-state index is 0.927. The molecule has 2 nitrogen and oxygen atoms in total. The third-order valence-corrected chi connectivity index (χ3v) is 2.51. The van der Waals surface area contributed by atoms with Crippen molar-refractivity contribution in [3.05, 3.63) is 51.6 Å². The molecule has 0 fully saturated rings. The highest BCUT2D eigenvalue weighted by Gasteiger charge is 1.96. The maximum atomic E-state index is 3.98. The Kier molecular flexibility index (Phi) is 2.63. The molecular weight excluding hydrogens is 275 g/mol. The standard InChI is InChI=1S/C10H9IN2/c11-9-3-1-2-8(4-9)5-10-6-12-7-13-10/h1-4,6-7H,5H2,(H,12,13). The van der Waals surface area contributed by atoms with Gasteiger partial charge in [-0.05, 0) is 40.3 Å². The summed E-state index contributed by atoms with van der Waals surface area (Å²) in [6.45, 7) is 0. The molecule has 0 atom stereocenters. The average Bonchev–Trinajstić information content (AvgIpc) is 2.57. The van der Waals surface area contributed by atoms with Crippen molar-refractivity contribution in [1.29, 1.82) is 0 Å². The molecule has 0 saturated heterocycles. The van der Waals surface area contributed by atoms with Crippen molar-refractivity contribution in [2.75, 3.05) is 0 Å². The number of H-pyrrole nitrogens is 1. The molecule has 66 valence electrons. The summed E-state index contributed by atoms with van der Waals surface area (Å²) in [5, 5.41) is 0. The minimum atomic E-state index is 0.927. The van der Waals surface area contributed by atoms with Gasteiger partial charge in [-0.25, -0.2) is 4.98 Å². The fraction of sp³-hybridized carbons (Fsp3) is 0.100. The summed E-state index contributed by atoms with van der Waals surface area (Å²) in [6, 6.07) is 8.48. The van der Waals surface area contributed by atoms with Crippen LogP contribution in [-0.4, -0.2) is 9.97 Å². The van der Waals surface area contributed by atoms with Crippen LogP contribution in [0, 0.1) is 3.57 Å². The second-order valence-corrected chi connectivity index (χ2v) is 4.13. The summed E-state index contributed by atoms with van der Waals surface area (Å²) in [6.07, 6.45) is 4.50. The van der Waals surface area contributed by atoms with Crippen LogP contribution in [0.4, 0.5) is 0 Å². The topological polar surface area (TPSA) is 28.7 Å². The molecule has 1 aromatic heterocycles. The summed E-state index contributed by atoms with van der Waals surface area (Å²) >= 11 is 2.32. The number of nitrogens with one attached hydrogen (secondary N) is 1. The predicted molar refractivity (Wildman–Crippen MR) is 60.6 cm³/mol. The number of rotatable bonds is 2. The zero-order chi connectivity index (χ0) is 9.10. The molecule has 0 spiro atoms. The molecule has 1 aromatic carbocycles. The van der Waals surface area contributed by atoms with Crippen LogP contribution in [-0.2, 0) is 6.42 Å². The fourth-order valence-corrected chi connectivity index (χ4v) is 1.86. The van der Waals surface area contributed by atoms with Crippen LogP contribution >= 0.6 is 22.6 Å². The second kappa shape index (κ2) is 3.91. The molecule has 1 N–H and O–H groups in total. The van der Waals surface area contributed by atoms with Crippen molar-refractivity contribution in [2.24, 2.45) is 0 Å². The van der Waals surface area contributed by atoms with E-state index >= 15 is 0 Å². The summed E-state index contributed by atoms with van der Waals surface area (Å²) in [7, 11) is 0. The number of hydrogen-bond acceptors (Lipinski definition) is 1. The maximum Gasteiger partial charge on any atom is 0.0921 e. The average molecular weight is 284 g/mol. The molecule has 0 bridgehead atoms. The number of aromatic amines is 1. The first-order valence-electron chi connectivity index (χ1n) is 4.06. The molecule has 0 amide bonds. The third kappa shape index (κ3) is 2.30. The molecule has 0 aliphatic heterocycles. The number of hydrogen-bond donors (Lipinski definition) is 1. The Balaban J connectivity index is 2.19. The van der Waals surface area contributed by atoms with E-state index in [-0.39, 0.29) is 0 Å². The molecule has 1 heterocycles. The van der Waals surface area contributed by atoms with E-state index in [4.69, 9.17) is 0 Å². The number of benzene rings is 1. The Labute approximate surface area is 90.5 Å². The van der Waals surface area contributed by atoms with Crippen LogP contribution < -0.4 is 0 Å². The van der Waals surface area contributed by atoms with E-state index < -0.39 is 0 Å². The molecule has 2 aromatic rings. The van der Waals surface area contributed by atoms with Crippen molar-refractivity contribution in [3.63, 3.8) is 0 Å². The largest absolute Gasteiger partial charge is 0.348 e. The van der Waals surface area contributed by atoms with Crippen molar-refractivity contribution in [3.8, 4) is 0 Å². The van der Waals surface area contributed by atoms with E-state index in [9.17, 15) is 0 Å². The van der Waals surface area contributed by atoms with Gasteiger partial charge in [0.1, 0.15) is 0 Å². The SMILES string of the molecule is Ic1cccc(Cc2cnc[nH]2)c1. The highest BCUT2D eigenvalue weighted by Crippen LogP contribution is 2.10. The molecule has 0 aliphatic carbocycles. The van der Waals surface area contributed by atoms with Gasteiger partial charge in [-0.2, -0.15) is 0 Å². The van der Waals surface area contributed by atoms with Gasteiger partial charge >= 0.3 is 0 Å². The molecule has 0 radical (unpaired) electrons. The lowest BCUT2D eigenvalue weighted by Crippen LogP contribution is -1.87. The smallest absolute Gasteiger partial charge is 0.0921 e. The lowest BCUT2D eigenvalue weighted by atomic mass is 10.1. The van der Waals surface area contributed by atoms with Gasteiger partial charge in [0.15, 0.2) is 0 Å². The van der Waals surface area contributed by atoms with Crippen LogP contribution in [0.5, 0.6) is 0 Å².